The Morgan fingerprint density at radius 3 is 2.33 bits per heavy atom. The number of nitrogens with zero attached hydrogens (tertiary/aromatic N) is 1. The van der Waals surface area contributed by atoms with Crippen molar-refractivity contribution in [2.75, 3.05) is 7.05 Å². The van der Waals surface area contributed by atoms with Crippen LogP contribution in [0.3, 0.4) is 0 Å². The summed E-state index contributed by atoms with van der Waals surface area (Å²) in [5.74, 6) is 0. The van der Waals surface area contributed by atoms with E-state index in [1.54, 1.807) is 6.08 Å². The second-order valence-corrected chi connectivity index (χ2v) is 2.14. The van der Waals surface area contributed by atoms with Crippen LogP contribution in [0.25, 0.3) is 0 Å². The van der Waals surface area contributed by atoms with E-state index in [1.165, 1.54) is 0 Å². The van der Waals surface area contributed by atoms with Gasteiger partial charge in [-0.05, 0) is 18.9 Å². The molecule has 0 aliphatic carbocycles. The third kappa shape index (κ3) is 5.23. The molecular weight excluding hydrogens is 148 g/mol. The molecule has 0 saturated heterocycles. The Balaban J connectivity index is 3.89. The molecule has 0 rings (SSSR count). The van der Waals surface area contributed by atoms with E-state index in [2.05, 4.69) is 30.2 Å². The summed E-state index contributed by atoms with van der Waals surface area (Å²) >= 11 is 0. The van der Waals surface area contributed by atoms with E-state index in [0.29, 0.717) is 5.70 Å². The Bertz CT molecular complexity index is 234. The topological polar surface area (TPSA) is 24.4 Å². The molecule has 0 aromatic heterocycles. The zero-order valence-electron chi connectivity index (χ0n) is 7.38. The van der Waals surface area contributed by atoms with Crippen LogP contribution in [0.5, 0.6) is 0 Å². The van der Waals surface area contributed by atoms with Crippen LogP contribution in [0.1, 0.15) is 0 Å². The molecule has 0 amide bonds. The van der Waals surface area contributed by atoms with Gasteiger partial charge in [0.15, 0.2) is 0 Å². The van der Waals surface area contributed by atoms with Crippen LogP contribution in [0, 0.1) is 0 Å². The minimum Gasteiger partial charge on any atom is -0.389 e. The number of hydrogen-bond donors (Lipinski definition) is 1. The highest BCUT2D eigenvalue weighted by molar-refractivity contribution is 5.32. The van der Waals surface area contributed by atoms with Gasteiger partial charge in [0, 0.05) is 12.7 Å². The molecule has 0 radical (unpaired) electrons. The Morgan fingerprint density at radius 2 is 1.83 bits per heavy atom. The van der Waals surface area contributed by atoms with Crippen LogP contribution in [-0.2, 0) is 0 Å². The first-order valence-electron chi connectivity index (χ1n) is 3.57. The molecule has 2 heteroatoms. The largest absolute Gasteiger partial charge is 0.389 e. The number of nitrogens with one attached hydrogen (secondary N) is 1. The molecule has 64 valence electrons. The summed E-state index contributed by atoms with van der Waals surface area (Å²) in [6, 6.07) is 0. The fourth-order valence-corrected chi connectivity index (χ4v) is 0.474. The SMILES string of the molecule is C=NC(=C)/C=C\C=C/C(=C)NC. The predicted molar refractivity (Wildman–Crippen MR) is 55.2 cm³/mol. The quantitative estimate of drug-likeness (QED) is 0.485. The maximum Gasteiger partial charge on any atom is 0.0550 e. The maximum absolute atomic E-state index is 3.72. The number of aliphatic imine (C=N–C) groups is 1. The third-order valence-electron chi connectivity index (χ3n) is 1.22. The van der Waals surface area contributed by atoms with Crippen molar-refractivity contribution >= 4 is 6.72 Å². The van der Waals surface area contributed by atoms with Crippen molar-refractivity contribution in [1.29, 1.82) is 0 Å². The maximum atomic E-state index is 3.72. The molecule has 2 nitrogen and oxygen atoms in total. The van der Waals surface area contributed by atoms with E-state index in [-0.39, 0.29) is 0 Å². The van der Waals surface area contributed by atoms with Crippen LogP contribution < -0.4 is 5.32 Å². The molecule has 0 aliphatic heterocycles. The molecule has 0 fully saturated rings. The number of likely N-dealkylation sites (N-methyl/N-ethyl adjacent to an activating group) is 1. The van der Waals surface area contributed by atoms with Gasteiger partial charge < -0.3 is 5.32 Å². The molecule has 0 bridgehead atoms. The molecule has 0 saturated carbocycles. The minimum atomic E-state index is 0.648. The second kappa shape index (κ2) is 6.16. The van der Waals surface area contributed by atoms with Crippen LogP contribution >= 0.6 is 0 Å². The summed E-state index contributed by atoms with van der Waals surface area (Å²) < 4.78 is 0. The van der Waals surface area contributed by atoms with Gasteiger partial charge in [-0.2, -0.15) is 0 Å². The van der Waals surface area contributed by atoms with Crippen molar-refractivity contribution in [3.63, 3.8) is 0 Å². The van der Waals surface area contributed by atoms with Crippen molar-refractivity contribution < 1.29 is 0 Å². The highest BCUT2D eigenvalue weighted by Gasteiger charge is 1.77. The van der Waals surface area contributed by atoms with E-state index < -0.39 is 0 Å². The first kappa shape index (κ1) is 10.4. The summed E-state index contributed by atoms with van der Waals surface area (Å²) in [5.41, 5.74) is 1.51. The summed E-state index contributed by atoms with van der Waals surface area (Å²) in [6.07, 6.45) is 7.31. The van der Waals surface area contributed by atoms with Crippen LogP contribution in [0.2, 0.25) is 0 Å². The summed E-state index contributed by atoms with van der Waals surface area (Å²) in [7, 11) is 1.82. The lowest BCUT2D eigenvalue weighted by Crippen LogP contribution is -1.99. The zero-order chi connectivity index (χ0) is 9.40. The van der Waals surface area contributed by atoms with Crippen molar-refractivity contribution in [3.8, 4) is 0 Å². The average molecular weight is 162 g/mol. The van der Waals surface area contributed by atoms with Crippen molar-refractivity contribution in [1.82, 2.24) is 5.32 Å². The smallest absolute Gasteiger partial charge is 0.0550 e. The van der Waals surface area contributed by atoms with Gasteiger partial charge in [0.2, 0.25) is 0 Å². The number of allylic oxidation sites excluding steroid dienone is 4. The first-order valence-corrected chi connectivity index (χ1v) is 3.57. The van der Waals surface area contributed by atoms with E-state index in [1.807, 2.05) is 25.3 Å². The van der Waals surface area contributed by atoms with E-state index in [9.17, 15) is 0 Å². The predicted octanol–water partition coefficient (Wildman–Crippen LogP) is 2.05. The van der Waals surface area contributed by atoms with Gasteiger partial charge in [0.25, 0.3) is 0 Å². The molecule has 12 heavy (non-hydrogen) atoms. The average Bonchev–Trinajstić information content (AvgIpc) is 2.11. The van der Waals surface area contributed by atoms with Crippen molar-refractivity contribution in [2.45, 2.75) is 0 Å². The van der Waals surface area contributed by atoms with Crippen molar-refractivity contribution in [2.24, 2.45) is 4.99 Å². The lowest BCUT2D eigenvalue weighted by molar-refractivity contribution is 1.04. The summed E-state index contributed by atoms with van der Waals surface area (Å²) in [4.78, 5) is 3.62. The van der Waals surface area contributed by atoms with E-state index >= 15 is 0 Å². The molecule has 0 aromatic rings. The Labute approximate surface area is 73.7 Å². The van der Waals surface area contributed by atoms with Gasteiger partial charge in [-0.3, -0.25) is 4.99 Å². The Morgan fingerprint density at radius 1 is 1.25 bits per heavy atom. The molecule has 0 unspecified atom stereocenters. The number of hydrogen-bond acceptors (Lipinski definition) is 2. The molecule has 0 aromatic carbocycles. The van der Waals surface area contributed by atoms with Crippen LogP contribution in [0.15, 0.2) is 53.8 Å². The lowest BCUT2D eigenvalue weighted by Gasteiger charge is -1.92. The Hall–Kier alpha value is -1.57. The van der Waals surface area contributed by atoms with Crippen LogP contribution in [-0.4, -0.2) is 13.8 Å². The normalized spacial score (nSPS) is 10.4. The molecule has 1 N–H and O–H groups in total. The monoisotopic (exact) mass is 162 g/mol. The number of rotatable bonds is 5. The van der Waals surface area contributed by atoms with Gasteiger partial charge in [0.05, 0.1) is 5.70 Å². The fraction of sp³-hybridized carbons (Fsp3) is 0.100. The van der Waals surface area contributed by atoms with Gasteiger partial charge in [0.1, 0.15) is 0 Å². The minimum absolute atomic E-state index is 0.648. The van der Waals surface area contributed by atoms with Gasteiger partial charge in [-0.15, -0.1) is 0 Å². The van der Waals surface area contributed by atoms with E-state index in [0.717, 1.165) is 5.70 Å². The molecule has 0 atom stereocenters. The standard InChI is InChI=1S/C10H14N2/c1-9(11-3)7-5-6-8-10(2)12-4/h5-8,12H,1-3H2,4H3/b7-5-,8-6-. The molecule has 0 aliphatic rings. The van der Waals surface area contributed by atoms with Gasteiger partial charge in [-0.25, -0.2) is 0 Å². The summed E-state index contributed by atoms with van der Waals surface area (Å²) in [6.45, 7) is 10.7. The van der Waals surface area contributed by atoms with Crippen molar-refractivity contribution in [3.05, 3.63) is 48.9 Å². The van der Waals surface area contributed by atoms with Gasteiger partial charge in [-0.1, -0.05) is 25.3 Å². The Kier molecular flexibility index (Phi) is 5.35. The third-order valence-corrected chi connectivity index (χ3v) is 1.22. The van der Waals surface area contributed by atoms with Gasteiger partial charge >= 0.3 is 0 Å². The molecular formula is C10H14N2. The van der Waals surface area contributed by atoms with E-state index in [4.69, 9.17) is 0 Å². The highest BCUT2D eigenvalue weighted by atomic mass is 14.8. The highest BCUT2D eigenvalue weighted by Crippen LogP contribution is 1.93. The zero-order valence-corrected chi connectivity index (χ0v) is 7.38. The molecule has 0 spiro atoms. The summed E-state index contributed by atoms with van der Waals surface area (Å²) in [5, 5.41) is 2.89. The lowest BCUT2D eigenvalue weighted by atomic mass is 10.3. The van der Waals surface area contributed by atoms with Crippen LogP contribution in [0.4, 0.5) is 0 Å². The molecule has 0 heterocycles. The fourth-order valence-electron chi connectivity index (χ4n) is 0.474. The second-order valence-electron chi connectivity index (χ2n) is 2.14. The first-order chi connectivity index (χ1) is 5.70.